The van der Waals surface area contributed by atoms with E-state index in [9.17, 15) is 4.79 Å². The summed E-state index contributed by atoms with van der Waals surface area (Å²) in [6, 6.07) is 0. The summed E-state index contributed by atoms with van der Waals surface area (Å²) in [5.41, 5.74) is 0. The van der Waals surface area contributed by atoms with Gasteiger partial charge in [-0.25, -0.2) is 0 Å². The van der Waals surface area contributed by atoms with Crippen LogP contribution in [0.4, 0.5) is 0 Å². The van der Waals surface area contributed by atoms with Gasteiger partial charge in [0.25, 0.3) is 0 Å². The van der Waals surface area contributed by atoms with E-state index in [1.54, 1.807) is 0 Å². The molecule has 1 heterocycles. The molecule has 0 aromatic carbocycles. The first-order valence-corrected chi connectivity index (χ1v) is 5.55. The number of amides is 1. The van der Waals surface area contributed by atoms with Crippen LogP contribution in [0.25, 0.3) is 0 Å². The fourth-order valence-electron chi connectivity index (χ4n) is 2.02. The van der Waals surface area contributed by atoms with Gasteiger partial charge in [-0.3, -0.25) is 4.79 Å². The summed E-state index contributed by atoms with van der Waals surface area (Å²) < 4.78 is 0. The van der Waals surface area contributed by atoms with Gasteiger partial charge in [-0.1, -0.05) is 19.8 Å². The lowest BCUT2D eigenvalue weighted by Gasteiger charge is -2.31. The highest BCUT2D eigenvalue weighted by atomic mass is 16.2. The van der Waals surface area contributed by atoms with E-state index < -0.39 is 0 Å². The molecule has 0 aliphatic carbocycles. The van der Waals surface area contributed by atoms with Crippen molar-refractivity contribution in [2.24, 2.45) is 5.92 Å². The van der Waals surface area contributed by atoms with E-state index in [-0.39, 0.29) is 0 Å². The first kappa shape index (κ1) is 10.6. The summed E-state index contributed by atoms with van der Waals surface area (Å²) in [4.78, 5) is 13.4. The molecule has 1 unspecified atom stereocenters. The number of carbonyl (C=O) groups excluding carboxylic acids is 1. The van der Waals surface area contributed by atoms with Crippen molar-refractivity contribution in [3.8, 4) is 0 Å². The van der Waals surface area contributed by atoms with E-state index in [0.29, 0.717) is 5.91 Å². The van der Waals surface area contributed by atoms with Gasteiger partial charge in [0.2, 0.25) is 5.91 Å². The minimum atomic E-state index is 0.357. The van der Waals surface area contributed by atoms with Crippen LogP contribution in [0.3, 0.4) is 0 Å². The Balaban J connectivity index is 2.31. The molecule has 0 spiro atoms. The maximum atomic E-state index is 11.4. The third-order valence-electron chi connectivity index (χ3n) is 2.95. The maximum Gasteiger partial charge on any atom is 0.222 e. The summed E-state index contributed by atoms with van der Waals surface area (Å²) in [6.45, 7) is 6.20. The quantitative estimate of drug-likeness (QED) is 0.655. The van der Waals surface area contributed by atoms with Crippen LogP contribution < -0.4 is 0 Å². The predicted octanol–water partition coefficient (Wildman–Crippen LogP) is 2.44. The standard InChI is InChI=1S/C11H21NO/c1-3-5-6-10-7-8-11(13)12(4-2)9-10/h10H,3-9H2,1-2H3. The lowest BCUT2D eigenvalue weighted by atomic mass is 9.92. The largest absolute Gasteiger partial charge is 0.343 e. The molecular formula is C11H21NO. The van der Waals surface area contributed by atoms with Gasteiger partial charge in [-0.2, -0.15) is 0 Å². The predicted molar refractivity (Wildman–Crippen MR) is 54.5 cm³/mol. The number of hydrogen-bond donors (Lipinski definition) is 0. The van der Waals surface area contributed by atoms with Gasteiger partial charge in [-0.15, -0.1) is 0 Å². The van der Waals surface area contributed by atoms with Crippen molar-refractivity contribution in [3.63, 3.8) is 0 Å². The van der Waals surface area contributed by atoms with Crippen LogP contribution in [0.15, 0.2) is 0 Å². The van der Waals surface area contributed by atoms with E-state index in [1.165, 1.54) is 19.3 Å². The second-order valence-electron chi connectivity index (χ2n) is 3.98. The van der Waals surface area contributed by atoms with Crippen molar-refractivity contribution in [3.05, 3.63) is 0 Å². The summed E-state index contributed by atoms with van der Waals surface area (Å²) >= 11 is 0. The van der Waals surface area contributed by atoms with Crippen LogP contribution >= 0.6 is 0 Å². The molecule has 2 nitrogen and oxygen atoms in total. The third-order valence-corrected chi connectivity index (χ3v) is 2.95. The van der Waals surface area contributed by atoms with Crippen LogP contribution in [0.1, 0.15) is 46.0 Å². The lowest BCUT2D eigenvalue weighted by Crippen LogP contribution is -2.39. The van der Waals surface area contributed by atoms with Crippen LogP contribution in [0, 0.1) is 5.92 Å². The Hall–Kier alpha value is -0.530. The second kappa shape index (κ2) is 5.25. The molecule has 0 aromatic rings. The van der Waals surface area contributed by atoms with E-state index in [1.807, 2.05) is 4.90 Å². The third kappa shape index (κ3) is 3.02. The van der Waals surface area contributed by atoms with Crippen molar-refractivity contribution >= 4 is 5.91 Å². The van der Waals surface area contributed by atoms with Crippen LogP contribution in [0.5, 0.6) is 0 Å². The van der Waals surface area contributed by atoms with E-state index in [0.717, 1.165) is 31.8 Å². The number of carbonyl (C=O) groups is 1. The highest BCUT2D eigenvalue weighted by Crippen LogP contribution is 2.21. The molecule has 1 atom stereocenters. The molecule has 0 radical (unpaired) electrons. The highest BCUT2D eigenvalue weighted by Gasteiger charge is 2.23. The summed E-state index contributed by atoms with van der Waals surface area (Å²) in [5.74, 6) is 1.13. The lowest BCUT2D eigenvalue weighted by molar-refractivity contribution is -0.134. The number of likely N-dealkylation sites (tertiary alicyclic amines) is 1. The summed E-state index contributed by atoms with van der Waals surface area (Å²) in [7, 11) is 0. The molecule has 1 saturated heterocycles. The van der Waals surface area contributed by atoms with Crippen molar-refractivity contribution in [1.29, 1.82) is 0 Å². The fourth-order valence-corrected chi connectivity index (χ4v) is 2.02. The van der Waals surface area contributed by atoms with Crippen molar-refractivity contribution in [1.82, 2.24) is 4.90 Å². The molecule has 1 aliphatic rings. The Morgan fingerprint density at radius 3 is 2.85 bits per heavy atom. The molecule has 0 aromatic heterocycles. The topological polar surface area (TPSA) is 20.3 Å². The Morgan fingerprint density at radius 1 is 1.46 bits per heavy atom. The monoisotopic (exact) mass is 183 g/mol. The number of nitrogens with zero attached hydrogens (tertiary/aromatic N) is 1. The van der Waals surface area contributed by atoms with Crippen molar-refractivity contribution in [2.75, 3.05) is 13.1 Å². The van der Waals surface area contributed by atoms with Gasteiger partial charge in [0.05, 0.1) is 0 Å². The smallest absolute Gasteiger partial charge is 0.222 e. The normalized spacial score (nSPS) is 23.7. The summed E-state index contributed by atoms with van der Waals surface area (Å²) in [6.07, 6.45) is 5.80. The number of rotatable bonds is 4. The summed E-state index contributed by atoms with van der Waals surface area (Å²) in [5, 5.41) is 0. The Labute approximate surface area is 81.3 Å². The van der Waals surface area contributed by atoms with Gasteiger partial charge in [0.1, 0.15) is 0 Å². The van der Waals surface area contributed by atoms with Gasteiger partial charge in [-0.05, 0) is 25.7 Å². The molecule has 1 amide bonds. The second-order valence-corrected chi connectivity index (χ2v) is 3.98. The zero-order chi connectivity index (χ0) is 9.68. The molecule has 76 valence electrons. The average Bonchev–Trinajstić information content (AvgIpc) is 2.16. The molecule has 0 saturated carbocycles. The van der Waals surface area contributed by atoms with E-state index in [2.05, 4.69) is 13.8 Å². The van der Waals surface area contributed by atoms with Crippen molar-refractivity contribution in [2.45, 2.75) is 46.0 Å². The zero-order valence-corrected chi connectivity index (χ0v) is 8.88. The molecule has 0 N–H and O–H groups in total. The number of piperidine rings is 1. The first-order valence-electron chi connectivity index (χ1n) is 5.55. The van der Waals surface area contributed by atoms with E-state index >= 15 is 0 Å². The zero-order valence-electron chi connectivity index (χ0n) is 8.88. The average molecular weight is 183 g/mol. The number of hydrogen-bond acceptors (Lipinski definition) is 1. The Bertz CT molecular complexity index is 167. The van der Waals surface area contributed by atoms with Crippen LogP contribution in [-0.4, -0.2) is 23.9 Å². The fraction of sp³-hybridized carbons (Fsp3) is 0.909. The molecule has 1 fully saturated rings. The molecule has 0 bridgehead atoms. The Kier molecular flexibility index (Phi) is 4.26. The molecule has 1 rings (SSSR count). The van der Waals surface area contributed by atoms with Crippen molar-refractivity contribution < 1.29 is 4.79 Å². The molecule has 1 aliphatic heterocycles. The van der Waals surface area contributed by atoms with E-state index in [4.69, 9.17) is 0 Å². The van der Waals surface area contributed by atoms with Gasteiger partial charge in [0.15, 0.2) is 0 Å². The number of unbranched alkanes of at least 4 members (excludes halogenated alkanes) is 1. The van der Waals surface area contributed by atoms with Gasteiger partial charge >= 0.3 is 0 Å². The molecular weight excluding hydrogens is 162 g/mol. The van der Waals surface area contributed by atoms with Gasteiger partial charge < -0.3 is 4.90 Å². The van der Waals surface area contributed by atoms with Crippen LogP contribution in [0.2, 0.25) is 0 Å². The maximum absolute atomic E-state index is 11.4. The van der Waals surface area contributed by atoms with Gasteiger partial charge in [0, 0.05) is 19.5 Å². The van der Waals surface area contributed by atoms with Crippen LogP contribution in [-0.2, 0) is 4.79 Å². The minimum absolute atomic E-state index is 0.357. The molecule has 13 heavy (non-hydrogen) atoms. The Morgan fingerprint density at radius 2 is 2.23 bits per heavy atom. The SMILES string of the molecule is CCCCC1CCC(=O)N(CC)C1. The first-order chi connectivity index (χ1) is 6.27. The molecule has 2 heteroatoms. The minimum Gasteiger partial charge on any atom is -0.343 e. The highest BCUT2D eigenvalue weighted by molar-refractivity contribution is 5.76.